The second-order valence-electron chi connectivity index (χ2n) is 10.4. The number of amides is 1. The topological polar surface area (TPSA) is 57.7 Å². The third-order valence-corrected chi connectivity index (χ3v) is 8.99. The number of allylic oxidation sites excluding steroid dienone is 1. The lowest BCUT2D eigenvalue weighted by Crippen LogP contribution is -2.58. The Bertz CT molecular complexity index is 1290. The van der Waals surface area contributed by atoms with Crippen LogP contribution in [0.5, 0.6) is 0 Å². The molecule has 0 N–H and O–H groups in total. The number of rotatable bonds is 10. The van der Waals surface area contributed by atoms with Crippen LogP contribution in [0.1, 0.15) is 56.2 Å². The summed E-state index contributed by atoms with van der Waals surface area (Å²) in [6.45, 7) is 5.23. The molecule has 2 aromatic carbocycles. The van der Waals surface area contributed by atoms with Gasteiger partial charge in [0.05, 0.1) is 17.7 Å². The molecule has 0 radical (unpaired) electrons. The number of likely N-dealkylation sites (tertiary alicyclic amines) is 1. The average molecular weight is 606 g/mol. The van der Waals surface area contributed by atoms with Crippen molar-refractivity contribution in [2.75, 3.05) is 19.3 Å². The molecule has 0 aromatic heterocycles. The van der Waals surface area contributed by atoms with Crippen LogP contribution in [0, 0.1) is 5.41 Å². The fourth-order valence-electron chi connectivity index (χ4n) is 5.45. The molecule has 11 heteroatoms. The van der Waals surface area contributed by atoms with E-state index in [1.54, 1.807) is 48.2 Å². The quantitative estimate of drug-likeness (QED) is 0.269. The third kappa shape index (κ3) is 7.57. The van der Waals surface area contributed by atoms with Gasteiger partial charge in [-0.05, 0) is 54.7 Å². The molecule has 5 nitrogen and oxygen atoms in total. The highest BCUT2D eigenvalue weighted by Gasteiger charge is 2.51. The van der Waals surface area contributed by atoms with Crippen molar-refractivity contribution in [2.24, 2.45) is 5.41 Å². The van der Waals surface area contributed by atoms with Crippen LogP contribution in [-0.4, -0.2) is 55.1 Å². The maximum atomic E-state index is 14.3. The molecule has 0 aliphatic carbocycles. The first kappa shape index (κ1) is 31.5. The lowest BCUT2D eigenvalue weighted by molar-refractivity contribution is -0.156. The minimum atomic E-state index is -4.75. The van der Waals surface area contributed by atoms with Crippen molar-refractivity contribution in [1.29, 1.82) is 0 Å². The Labute approximate surface area is 238 Å². The first-order valence-corrected chi connectivity index (χ1v) is 15.2. The van der Waals surface area contributed by atoms with Gasteiger partial charge in [0.2, 0.25) is 15.9 Å². The van der Waals surface area contributed by atoms with Crippen LogP contribution >= 0.6 is 23.2 Å². The molecule has 0 saturated carbocycles. The minimum absolute atomic E-state index is 0.228. The van der Waals surface area contributed by atoms with Crippen molar-refractivity contribution in [3.05, 3.63) is 82.4 Å². The van der Waals surface area contributed by atoms with Crippen LogP contribution in [0.15, 0.2) is 61.2 Å². The summed E-state index contributed by atoms with van der Waals surface area (Å²) in [5.41, 5.74) is 0.671. The first-order chi connectivity index (χ1) is 18.1. The average Bonchev–Trinajstić information content (AvgIpc) is 2.83. The van der Waals surface area contributed by atoms with Crippen LogP contribution in [0.3, 0.4) is 0 Å². The Hall–Kier alpha value is -2.07. The molecule has 0 bridgehead atoms. The normalized spacial score (nSPS) is 23.2. The standard InChI is InChI=1S/C28H33Cl2F3N2O3S/c1-5-14-27(3)16-24(20-8-7-9-22(30)15-20)25(19-10-12-21(29)13-11-19)35(26(27)36)23(6-2)17-34(39(4,37)38)18-28(31,32)33/h5,7-13,15,23-25H,1,6,14,16-18H2,2-4H3/t23?,24-,25-,27+/m1/s1. The Kier molecular flexibility index (Phi) is 9.85. The molecular weight excluding hydrogens is 572 g/mol. The van der Waals surface area contributed by atoms with Crippen LogP contribution in [0.4, 0.5) is 13.2 Å². The zero-order valence-corrected chi connectivity index (χ0v) is 24.4. The van der Waals surface area contributed by atoms with Gasteiger partial charge in [-0.3, -0.25) is 4.79 Å². The number of carbonyl (C=O) groups excluding carboxylic acids is 1. The predicted octanol–water partition coefficient (Wildman–Crippen LogP) is 7.24. The van der Waals surface area contributed by atoms with E-state index >= 15 is 0 Å². The summed E-state index contributed by atoms with van der Waals surface area (Å²) in [6, 6.07) is 12.8. The van der Waals surface area contributed by atoms with Gasteiger partial charge in [-0.1, -0.05) is 67.4 Å². The van der Waals surface area contributed by atoms with E-state index in [0.717, 1.165) is 17.4 Å². The van der Waals surface area contributed by atoms with Crippen molar-refractivity contribution in [3.8, 4) is 0 Å². The molecule has 1 saturated heterocycles. The van der Waals surface area contributed by atoms with Crippen LogP contribution < -0.4 is 0 Å². The van der Waals surface area contributed by atoms with E-state index in [9.17, 15) is 26.4 Å². The van der Waals surface area contributed by atoms with E-state index in [4.69, 9.17) is 23.2 Å². The van der Waals surface area contributed by atoms with Crippen molar-refractivity contribution in [3.63, 3.8) is 0 Å². The van der Waals surface area contributed by atoms with Gasteiger partial charge in [-0.2, -0.15) is 17.5 Å². The van der Waals surface area contributed by atoms with Crippen LogP contribution in [0.25, 0.3) is 0 Å². The zero-order valence-electron chi connectivity index (χ0n) is 22.1. The summed E-state index contributed by atoms with van der Waals surface area (Å²) in [4.78, 5) is 15.9. The van der Waals surface area contributed by atoms with Crippen LogP contribution in [0.2, 0.25) is 10.0 Å². The van der Waals surface area contributed by atoms with E-state index in [2.05, 4.69) is 6.58 Å². The summed E-state index contributed by atoms with van der Waals surface area (Å²) in [5.74, 6) is -0.566. The molecular formula is C28H33Cl2F3N2O3S. The first-order valence-electron chi connectivity index (χ1n) is 12.6. The van der Waals surface area contributed by atoms with Gasteiger partial charge in [0.15, 0.2) is 0 Å². The lowest BCUT2D eigenvalue weighted by atomic mass is 9.67. The summed E-state index contributed by atoms with van der Waals surface area (Å²) in [6.07, 6.45) is -1.36. The monoisotopic (exact) mass is 604 g/mol. The van der Waals surface area contributed by atoms with E-state index < -0.39 is 46.8 Å². The molecule has 2 aromatic rings. The second-order valence-corrected chi connectivity index (χ2v) is 13.2. The van der Waals surface area contributed by atoms with E-state index in [-0.39, 0.29) is 18.2 Å². The molecule has 1 aliphatic rings. The smallest absolute Gasteiger partial charge is 0.330 e. The largest absolute Gasteiger partial charge is 0.402 e. The van der Waals surface area contributed by atoms with Gasteiger partial charge in [-0.25, -0.2) is 8.42 Å². The highest BCUT2D eigenvalue weighted by atomic mass is 35.5. The maximum absolute atomic E-state index is 14.3. The van der Waals surface area contributed by atoms with Crippen molar-refractivity contribution >= 4 is 39.1 Å². The van der Waals surface area contributed by atoms with E-state index in [0.29, 0.717) is 27.2 Å². The van der Waals surface area contributed by atoms with Gasteiger partial charge >= 0.3 is 6.18 Å². The maximum Gasteiger partial charge on any atom is 0.402 e. The highest BCUT2D eigenvalue weighted by Crippen LogP contribution is 2.52. The Morgan fingerprint density at radius 3 is 2.31 bits per heavy atom. The van der Waals surface area contributed by atoms with Gasteiger partial charge in [0.25, 0.3) is 0 Å². The van der Waals surface area contributed by atoms with Gasteiger partial charge in [0, 0.05) is 28.5 Å². The van der Waals surface area contributed by atoms with E-state index in [1.807, 2.05) is 25.1 Å². The molecule has 3 rings (SSSR count). The molecule has 1 aliphatic heterocycles. The zero-order chi connectivity index (χ0) is 29.2. The van der Waals surface area contributed by atoms with Gasteiger partial charge in [-0.15, -0.1) is 6.58 Å². The number of benzene rings is 2. The molecule has 214 valence electrons. The Morgan fingerprint density at radius 2 is 1.79 bits per heavy atom. The summed E-state index contributed by atoms with van der Waals surface area (Å²) in [7, 11) is -4.23. The molecule has 1 fully saturated rings. The number of hydrogen-bond donors (Lipinski definition) is 0. The number of piperidine rings is 1. The molecule has 1 heterocycles. The minimum Gasteiger partial charge on any atom is -0.330 e. The Balaban J connectivity index is 2.23. The van der Waals surface area contributed by atoms with Crippen molar-refractivity contribution < 1.29 is 26.4 Å². The lowest BCUT2D eigenvalue weighted by Gasteiger charge is -2.52. The molecule has 39 heavy (non-hydrogen) atoms. The number of sulfonamides is 1. The van der Waals surface area contributed by atoms with E-state index in [1.165, 1.54) is 0 Å². The number of nitrogens with zero attached hydrogens (tertiary/aromatic N) is 2. The summed E-state index contributed by atoms with van der Waals surface area (Å²) in [5, 5.41) is 1.00. The summed E-state index contributed by atoms with van der Waals surface area (Å²) < 4.78 is 65.5. The SMILES string of the molecule is C=CC[C@@]1(C)C[C@H](c2cccc(Cl)c2)[C@@H](c2ccc(Cl)cc2)N(C(CC)CN(CC(F)(F)F)S(C)(=O)=O)C1=O. The molecule has 1 unspecified atom stereocenters. The number of hydrogen-bond acceptors (Lipinski definition) is 3. The van der Waals surface area contributed by atoms with Crippen LogP contribution in [-0.2, 0) is 14.8 Å². The fourth-order valence-corrected chi connectivity index (χ4v) is 6.60. The number of alkyl halides is 3. The van der Waals surface area contributed by atoms with Gasteiger partial charge in [0.1, 0.15) is 6.54 Å². The summed E-state index contributed by atoms with van der Waals surface area (Å²) >= 11 is 12.5. The van der Waals surface area contributed by atoms with Crippen molar-refractivity contribution in [2.45, 2.75) is 57.3 Å². The third-order valence-electron chi connectivity index (χ3n) is 7.29. The second kappa shape index (κ2) is 12.2. The number of carbonyl (C=O) groups is 1. The Morgan fingerprint density at radius 1 is 1.15 bits per heavy atom. The fraction of sp³-hybridized carbons (Fsp3) is 0.464. The van der Waals surface area contributed by atoms with Gasteiger partial charge < -0.3 is 4.90 Å². The molecule has 1 amide bonds. The predicted molar refractivity (Wildman–Crippen MR) is 149 cm³/mol. The number of halogens is 5. The highest BCUT2D eigenvalue weighted by molar-refractivity contribution is 7.88. The molecule has 0 spiro atoms. The molecule has 4 atom stereocenters. The van der Waals surface area contributed by atoms with Crippen molar-refractivity contribution in [1.82, 2.24) is 9.21 Å².